The molecule has 3 rings (SSSR count). The summed E-state index contributed by atoms with van der Waals surface area (Å²) < 4.78 is 13.0. The third kappa shape index (κ3) is 3.37. The van der Waals surface area contributed by atoms with Crippen LogP contribution in [0.25, 0.3) is 0 Å². The molecule has 0 radical (unpaired) electrons. The maximum absolute atomic E-state index is 13.0. The molecule has 23 heavy (non-hydrogen) atoms. The van der Waals surface area contributed by atoms with E-state index in [1.54, 1.807) is 18.3 Å². The van der Waals surface area contributed by atoms with Gasteiger partial charge in [-0.2, -0.15) is 5.26 Å². The topological polar surface area (TPSA) is 56.1 Å². The van der Waals surface area contributed by atoms with Crippen LogP contribution in [0.5, 0.6) is 0 Å². The van der Waals surface area contributed by atoms with Gasteiger partial charge < -0.3 is 9.80 Å². The molecular formula is C16H16FN5S. The van der Waals surface area contributed by atoms with E-state index >= 15 is 0 Å². The number of hydrogen-bond donors (Lipinski definition) is 0. The minimum atomic E-state index is -0.225. The van der Waals surface area contributed by atoms with Crippen LogP contribution in [0.3, 0.4) is 0 Å². The van der Waals surface area contributed by atoms with Gasteiger partial charge in [0.2, 0.25) is 0 Å². The molecule has 5 nitrogen and oxygen atoms in total. The normalized spacial score (nSPS) is 14.7. The molecule has 0 atom stereocenters. The monoisotopic (exact) mass is 329 g/mol. The van der Waals surface area contributed by atoms with Crippen LogP contribution < -0.4 is 9.80 Å². The number of thioether (sulfide) groups is 1. The number of hydrogen-bond acceptors (Lipinski definition) is 6. The number of anilines is 2. The summed E-state index contributed by atoms with van der Waals surface area (Å²) in [6.45, 7) is 3.12. The van der Waals surface area contributed by atoms with Crippen LogP contribution in [-0.4, -0.2) is 42.4 Å². The van der Waals surface area contributed by atoms with Gasteiger partial charge in [-0.1, -0.05) is 11.8 Å². The van der Waals surface area contributed by atoms with Gasteiger partial charge in [0.05, 0.1) is 6.20 Å². The highest BCUT2D eigenvalue weighted by molar-refractivity contribution is 7.98. The van der Waals surface area contributed by atoms with Gasteiger partial charge >= 0.3 is 0 Å². The Morgan fingerprint density at radius 2 is 1.78 bits per heavy atom. The lowest BCUT2D eigenvalue weighted by Crippen LogP contribution is -2.47. The summed E-state index contributed by atoms with van der Waals surface area (Å²) in [6, 6.07) is 8.70. The van der Waals surface area contributed by atoms with Crippen molar-refractivity contribution in [1.82, 2.24) is 9.97 Å². The van der Waals surface area contributed by atoms with Crippen LogP contribution >= 0.6 is 11.8 Å². The van der Waals surface area contributed by atoms with Crippen LogP contribution in [0.15, 0.2) is 35.6 Å². The highest BCUT2D eigenvalue weighted by Gasteiger charge is 2.21. The Labute approximate surface area is 138 Å². The highest BCUT2D eigenvalue weighted by atomic mass is 32.2. The van der Waals surface area contributed by atoms with Crippen molar-refractivity contribution in [2.75, 3.05) is 42.2 Å². The summed E-state index contributed by atoms with van der Waals surface area (Å²) in [6.07, 6.45) is 3.50. The zero-order valence-electron chi connectivity index (χ0n) is 12.7. The lowest BCUT2D eigenvalue weighted by atomic mass is 10.2. The standard InChI is InChI=1S/C16H16FN5S/c1-23-16-19-11-12(10-18)15(20-16)22-8-6-21(7-9-22)14-4-2-13(17)3-5-14/h2-5,11H,6-9H2,1H3. The number of nitriles is 1. The molecule has 1 aliphatic rings. The average molecular weight is 329 g/mol. The number of rotatable bonds is 3. The molecule has 1 fully saturated rings. The second-order valence-corrected chi connectivity index (χ2v) is 5.93. The molecule has 0 bridgehead atoms. The molecule has 1 aliphatic heterocycles. The van der Waals surface area contributed by atoms with Crippen molar-refractivity contribution in [2.45, 2.75) is 5.16 Å². The van der Waals surface area contributed by atoms with E-state index in [0.717, 1.165) is 31.9 Å². The van der Waals surface area contributed by atoms with E-state index < -0.39 is 0 Å². The summed E-state index contributed by atoms with van der Waals surface area (Å²) in [5, 5.41) is 9.93. The van der Waals surface area contributed by atoms with E-state index in [2.05, 4.69) is 25.8 Å². The maximum Gasteiger partial charge on any atom is 0.189 e. The lowest BCUT2D eigenvalue weighted by molar-refractivity contribution is 0.623. The number of piperazine rings is 1. The maximum atomic E-state index is 13.0. The second-order valence-electron chi connectivity index (χ2n) is 5.16. The molecule has 2 aromatic rings. The van der Waals surface area contributed by atoms with Gasteiger partial charge in [0.25, 0.3) is 0 Å². The van der Waals surface area contributed by atoms with Crippen molar-refractivity contribution >= 4 is 23.3 Å². The predicted molar refractivity (Wildman–Crippen MR) is 89.4 cm³/mol. The molecule has 0 saturated carbocycles. The molecule has 2 heterocycles. The summed E-state index contributed by atoms with van der Waals surface area (Å²) in [5.41, 5.74) is 1.51. The average Bonchev–Trinajstić information content (AvgIpc) is 2.62. The van der Waals surface area contributed by atoms with Crippen molar-refractivity contribution in [3.63, 3.8) is 0 Å². The molecular weight excluding hydrogens is 313 g/mol. The van der Waals surface area contributed by atoms with Crippen molar-refractivity contribution < 1.29 is 4.39 Å². The van der Waals surface area contributed by atoms with Crippen LogP contribution in [0.1, 0.15) is 5.56 Å². The molecule has 1 aromatic heterocycles. The van der Waals surface area contributed by atoms with Crippen LogP contribution in [0.2, 0.25) is 0 Å². The molecule has 0 unspecified atom stereocenters. The minimum absolute atomic E-state index is 0.225. The highest BCUT2D eigenvalue weighted by Crippen LogP contribution is 2.23. The van der Waals surface area contributed by atoms with Gasteiger partial charge in [0, 0.05) is 31.9 Å². The largest absolute Gasteiger partial charge is 0.368 e. The van der Waals surface area contributed by atoms with Gasteiger partial charge in [0.1, 0.15) is 17.4 Å². The van der Waals surface area contributed by atoms with Crippen molar-refractivity contribution in [1.29, 1.82) is 5.26 Å². The minimum Gasteiger partial charge on any atom is -0.368 e. The van der Waals surface area contributed by atoms with Crippen LogP contribution in [0, 0.1) is 17.1 Å². The summed E-state index contributed by atoms with van der Waals surface area (Å²) in [4.78, 5) is 13.0. The van der Waals surface area contributed by atoms with E-state index in [9.17, 15) is 9.65 Å². The fraction of sp³-hybridized carbons (Fsp3) is 0.312. The SMILES string of the molecule is CSc1ncc(C#N)c(N2CCN(c3ccc(F)cc3)CC2)n1. The molecule has 0 spiro atoms. The van der Waals surface area contributed by atoms with E-state index in [-0.39, 0.29) is 5.82 Å². The zero-order chi connectivity index (χ0) is 16.2. The van der Waals surface area contributed by atoms with Crippen LogP contribution in [-0.2, 0) is 0 Å². The Bertz CT molecular complexity index is 720. The molecule has 0 N–H and O–H groups in total. The Balaban J connectivity index is 1.74. The quantitative estimate of drug-likeness (QED) is 0.637. The molecule has 0 aliphatic carbocycles. The van der Waals surface area contributed by atoms with Crippen molar-refractivity contribution in [3.8, 4) is 6.07 Å². The van der Waals surface area contributed by atoms with E-state index in [1.165, 1.54) is 23.9 Å². The molecule has 118 valence electrons. The summed E-state index contributed by atoms with van der Waals surface area (Å²) in [5.74, 6) is 0.474. The number of halogens is 1. The molecule has 1 aromatic carbocycles. The second kappa shape index (κ2) is 6.84. The lowest BCUT2D eigenvalue weighted by Gasteiger charge is -2.37. The fourth-order valence-corrected chi connectivity index (χ4v) is 2.94. The summed E-state index contributed by atoms with van der Waals surface area (Å²) in [7, 11) is 0. The Kier molecular flexibility index (Phi) is 4.63. The van der Waals surface area contributed by atoms with Gasteiger partial charge in [-0.3, -0.25) is 0 Å². The Morgan fingerprint density at radius 1 is 1.13 bits per heavy atom. The molecule has 1 saturated heterocycles. The predicted octanol–water partition coefficient (Wildman–Crippen LogP) is 2.54. The first kappa shape index (κ1) is 15.6. The van der Waals surface area contributed by atoms with Gasteiger partial charge in [0.15, 0.2) is 11.0 Å². The Hall–Kier alpha value is -2.33. The van der Waals surface area contributed by atoms with Crippen molar-refractivity contribution in [3.05, 3.63) is 41.8 Å². The number of nitrogens with zero attached hydrogens (tertiary/aromatic N) is 5. The fourth-order valence-electron chi connectivity index (χ4n) is 2.60. The molecule has 7 heteroatoms. The molecule has 0 amide bonds. The van der Waals surface area contributed by atoms with E-state index in [0.29, 0.717) is 16.5 Å². The van der Waals surface area contributed by atoms with Gasteiger partial charge in [-0.15, -0.1) is 0 Å². The first-order valence-electron chi connectivity index (χ1n) is 7.28. The van der Waals surface area contributed by atoms with Crippen LogP contribution in [0.4, 0.5) is 15.9 Å². The van der Waals surface area contributed by atoms with Crippen molar-refractivity contribution in [2.24, 2.45) is 0 Å². The number of aromatic nitrogens is 2. The van der Waals surface area contributed by atoms with E-state index in [4.69, 9.17) is 0 Å². The summed E-state index contributed by atoms with van der Waals surface area (Å²) >= 11 is 1.46. The van der Waals surface area contributed by atoms with Gasteiger partial charge in [-0.05, 0) is 30.5 Å². The smallest absolute Gasteiger partial charge is 0.189 e. The first-order chi connectivity index (χ1) is 11.2. The number of benzene rings is 1. The van der Waals surface area contributed by atoms with Gasteiger partial charge in [-0.25, -0.2) is 14.4 Å². The first-order valence-corrected chi connectivity index (χ1v) is 8.50. The zero-order valence-corrected chi connectivity index (χ0v) is 13.6. The third-order valence-corrected chi connectivity index (χ3v) is 4.38. The van der Waals surface area contributed by atoms with E-state index in [1.807, 2.05) is 6.26 Å². The third-order valence-electron chi connectivity index (χ3n) is 3.82. The Morgan fingerprint density at radius 3 is 2.39 bits per heavy atom.